The number of benzene rings is 3. The van der Waals surface area contributed by atoms with Crippen molar-refractivity contribution < 1.29 is 37.3 Å². The Labute approximate surface area is 235 Å². The number of para-hydroxylation sites is 1. The van der Waals surface area contributed by atoms with Crippen LogP contribution >= 0.6 is 0 Å². The van der Waals surface area contributed by atoms with E-state index in [0.717, 1.165) is 11.1 Å². The summed E-state index contributed by atoms with van der Waals surface area (Å²) in [7, 11) is 1.50. The molecule has 4 unspecified atom stereocenters. The number of nitrogens with zero attached hydrogens (tertiary/aromatic N) is 1. The minimum atomic E-state index is -4.83. The van der Waals surface area contributed by atoms with Crippen LogP contribution in [0, 0.1) is 11.3 Å². The lowest BCUT2D eigenvalue weighted by molar-refractivity contribution is -0.274. The summed E-state index contributed by atoms with van der Waals surface area (Å²) in [6, 6.07) is 20.4. The summed E-state index contributed by atoms with van der Waals surface area (Å²) in [5.41, 5.74) is 1.18. The van der Waals surface area contributed by atoms with Crippen LogP contribution in [0.1, 0.15) is 41.0 Å². The van der Waals surface area contributed by atoms with Gasteiger partial charge in [0.15, 0.2) is 0 Å². The lowest BCUT2D eigenvalue weighted by Crippen LogP contribution is -2.60. The Balaban J connectivity index is 1.46. The van der Waals surface area contributed by atoms with E-state index in [0.29, 0.717) is 29.7 Å². The first-order valence-electron chi connectivity index (χ1n) is 13.3. The van der Waals surface area contributed by atoms with Crippen LogP contribution < -0.4 is 9.47 Å². The highest BCUT2D eigenvalue weighted by Crippen LogP contribution is 2.69. The average molecular weight is 564 g/mol. The Morgan fingerprint density at radius 3 is 2.39 bits per heavy atom. The number of methoxy groups -OCH3 is 1. The third-order valence-corrected chi connectivity index (χ3v) is 9.32. The molecule has 4 aliphatic rings. The lowest BCUT2D eigenvalue weighted by Gasteiger charge is -2.59. The van der Waals surface area contributed by atoms with Crippen LogP contribution in [0.25, 0.3) is 5.57 Å². The van der Waals surface area contributed by atoms with E-state index in [1.165, 1.54) is 19.2 Å². The van der Waals surface area contributed by atoms with Gasteiger partial charge in [-0.25, -0.2) is 0 Å². The van der Waals surface area contributed by atoms with E-state index in [2.05, 4.69) is 11.3 Å². The zero-order valence-corrected chi connectivity index (χ0v) is 22.3. The zero-order valence-electron chi connectivity index (χ0n) is 22.3. The summed E-state index contributed by atoms with van der Waals surface area (Å²) in [6.45, 7) is 4.20. The van der Waals surface area contributed by atoms with Crippen molar-refractivity contribution in [1.29, 1.82) is 0 Å². The fourth-order valence-electron chi connectivity index (χ4n) is 7.76. The van der Waals surface area contributed by atoms with Crippen LogP contribution in [0.3, 0.4) is 0 Å². The average Bonchev–Trinajstić information content (AvgIpc) is 3.40. The minimum Gasteiger partial charge on any atom is -0.496 e. The Morgan fingerprint density at radius 2 is 1.71 bits per heavy atom. The predicted octanol–water partition coefficient (Wildman–Crippen LogP) is 6.01. The quantitative estimate of drug-likeness (QED) is 0.372. The van der Waals surface area contributed by atoms with Crippen LogP contribution in [0.5, 0.6) is 11.5 Å². The molecule has 4 atom stereocenters. The Hall–Kier alpha value is -4.27. The van der Waals surface area contributed by atoms with Crippen LogP contribution in [0.15, 0.2) is 79.4 Å². The first-order chi connectivity index (χ1) is 19.5. The van der Waals surface area contributed by atoms with Gasteiger partial charge >= 0.3 is 12.3 Å². The summed E-state index contributed by atoms with van der Waals surface area (Å²) < 4.78 is 48.1. The highest BCUT2D eigenvalue weighted by atomic mass is 19.4. The van der Waals surface area contributed by atoms with Crippen LogP contribution in [0.2, 0.25) is 0 Å². The molecule has 3 aromatic rings. The molecular weight excluding hydrogens is 535 g/mol. The van der Waals surface area contributed by atoms with E-state index in [-0.39, 0.29) is 36.2 Å². The Kier molecular flexibility index (Phi) is 6.17. The van der Waals surface area contributed by atoms with Gasteiger partial charge in [-0.3, -0.25) is 9.59 Å². The number of ether oxygens (including phenoxy) is 2. The number of amides is 1. The van der Waals surface area contributed by atoms with Crippen molar-refractivity contribution in [1.82, 2.24) is 4.90 Å². The molecule has 41 heavy (non-hydrogen) atoms. The minimum absolute atomic E-state index is 0.00395. The topological polar surface area (TPSA) is 76.1 Å². The van der Waals surface area contributed by atoms with Crippen molar-refractivity contribution in [2.75, 3.05) is 20.2 Å². The zero-order chi connectivity index (χ0) is 29.2. The van der Waals surface area contributed by atoms with Gasteiger partial charge in [0.2, 0.25) is 0 Å². The lowest BCUT2D eigenvalue weighted by atomic mass is 9.42. The number of carboxylic acids is 1. The smallest absolute Gasteiger partial charge is 0.496 e. The number of carbonyl (C=O) groups excluding carboxylic acids is 1. The van der Waals surface area contributed by atoms with E-state index in [1.54, 1.807) is 41.3 Å². The van der Waals surface area contributed by atoms with Gasteiger partial charge in [0.1, 0.15) is 11.5 Å². The van der Waals surface area contributed by atoms with Crippen molar-refractivity contribution in [3.8, 4) is 11.5 Å². The molecule has 3 aromatic carbocycles. The molecule has 9 heteroatoms. The number of rotatable bonds is 6. The standard InChI is InChI=1S/C32H28F3NO5/c1-19(22-7-4-6-10-26(22)40-2)28(37)36-17-27-30(20-11-13-21(14-12-20)41-32(33,34)35)16-15-25(31(27,18-36)29(38)39)23-8-3-5-9-24(23)30/h3-14,25,27H,1,15-18H2,2H3,(H,38,39). The number of alkyl halides is 3. The van der Waals surface area contributed by atoms with E-state index in [1.807, 2.05) is 24.3 Å². The molecule has 212 valence electrons. The summed E-state index contributed by atoms with van der Waals surface area (Å²) >= 11 is 0. The molecule has 0 spiro atoms. The van der Waals surface area contributed by atoms with Gasteiger partial charge in [0.25, 0.3) is 5.91 Å². The van der Waals surface area contributed by atoms with E-state index >= 15 is 0 Å². The normalized spacial score (nSPS) is 26.2. The molecule has 1 N–H and O–H groups in total. The number of carbonyl (C=O) groups is 2. The van der Waals surface area contributed by atoms with Crippen LogP contribution in [-0.2, 0) is 15.0 Å². The fraction of sp³-hybridized carbons (Fsp3) is 0.312. The van der Waals surface area contributed by atoms with E-state index < -0.39 is 29.1 Å². The van der Waals surface area contributed by atoms with Crippen molar-refractivity contribution in [2.45, 2.75) is 30.5 Å². The number of hydrogen-bond donors (Lipinski definition) is 1. The molecule has 1 aliphatic heterocycles. The number of carboxylic acid groups (broad SMARTS) is 1. The Morgan fingerprint density at radius 1 is 1.02 bits per heavy atom. The molecule has 1 saturated carbocycles. The van der Waals surface area contributed by atoms with E-state index in [9.17, 15) is 27.9 Å². The molecule has 1 amide bonds. The van der Waals surface area contributed by atoms with Crippen LogP contribution in [0.4, 0.5) is 13.2 Å². The highest BCUT2D eigenvalue weighted by Gasteiger charge is 2.71. The van der Waals surface area contributed by atoms with E-state index in [4.69, 9.17) is 4.74 Å². The number of hydrogen-bond acceptors (Lipinski definition) is 4. The Bertz CT molecular complexity index is 1550. The summed E-state index contributed by atoms with van der Waals surface area (Å²) in [5, 5.41) is 10.9. The maximum Gasteiger partial charge on any atom is 0.573 e. The van der Waals surface area contributed by atoms with Gasteiger partial charge in [0, 0.05) is 41.5 Å². The molecule has 1 saturated heterocycles. The first kappa shape index (κ1) is 26.9. The van der Waals surface area contributed by atoms with Gasteiger partial charge in [0.05, 0.1) is 12.5 Å². The second-order valence-electron chi connectivity index (χ2n) is 11.0. The number of likely N-dealkylation sites (tertiary alicyclic amines) is 1. The second kappa shape index (κ2) is 9.39. The molecule has 6 nitrogen and oxygen atoms in total. The summed E-state index contributed by atoms with van der Waals surface area (Å²) in [6.07, 6.45) is -3.66. The molecular formula is C32H28F3NO5. The maximum atomic E-state index is 13.9. The molecule has 1 heterocycles. The van der Waals surface area contributed by atoms with Gasteiger partial charge in [-0.05, 0) is 47.7 Å². The summed E-state index contributed by atoms with van der Waals surface area (Å²) in [5.74, 6) is -2.08. The first-order valence-corrected chi connectivity index (χ1v) is 13.3. The van der Waals surface area contributed by atoms with Crippen molar-refractivity contribution >= 4 is 17.4 Å². The van der Waals surface area contributed by atoms with Crippen molar-refractivity contribution in [3.63, 3.8) is 0 Å². The number of fused-ring (bicyclic) bond motifs is 1. The fourth-order valence-corrected chi connectivity index (χ4v) is 7.76. The second-order valence-corrected chi connectivity index (χ2v) is 11.0. The monoisotopic (exact) mass is 563 g/mol. The molecule has 7 rings (SSSR count). The van der Waals surface area contributed by atoms with Gasteiger partial charge in [-0.1, -0.05) is 61.2 Å². The molecule has 3 aliphatic carbocycles. The SMILES string of the molecule is C=C(C(=O)N1CC2C3(c4ccc(OC(F)(F)F)cc4)CCC(c4ccccc43)C2(C(=O)O)C1)c1ccccc1OC. The molecule has 2 bridgehead atoms. The number of halogens is 3. The van der Waals surface area contributed by atoms with Crippen molar-refractivity contribution in [2.24, 2.45) is 11.3 Å². The van der Waals surface area contributed by atoms with Gasteiger partial charge in [-0.15, -0.1) is 13.2 Å². The van der Waals surface area contributed by atoms with Crippen LogP contribution in [-0.4, -0.2) is 48.4 Å². The van der Waals surface area contributed by atoms with Gasteiger partial charge < -0.3 is 19.5 Å². The predicted molar refractivity (Wildman–Crippen MR) is 144 cm³/mol. The maximum absolute atomic E-state index is 13.9. The van der Waals surface area contributed by atoms with Gasteiger partial charge in [-0.2, -0.15) is 0 Å². The third-order valence-electron chi connectivity index (χ3n) is 9.32. The molecule has 2 fully saturated rings. The van der Waals surface area contributed by atoms with Crippen molar-refractivity contribution in [3.05, 3.63) is 102 Å². The summed E-state index contributed by atoms with van der Waals surface area (Å²) in [4.78, 5) is 28.8. The molecule has 0 aromatic heterocycles. The molecule has 0 radical (unpaired) electrons. The highest BCUT2D eigenvalue weighted by molar-refractivity contribution is 6.19. The largest absolute Gasteiger partial charge is 0.573 e. The number of aliphatic carboxylic acids is 1. The third kappa shape index (κ3) is 3.93.